The summed E-state index contributed by atoms with van der Waals surface area (Å²) in [7, 11) is 0. The van der Waals surface area contributed by atoms with Gasteiger partial charge in [-0.2, -0.15) is 0 Å². The Hall–Kier alpha value is -0.650. The van der Waals surface area contributed by atoms with E-state index in [9.17, 15) is 9.90 Å². The molecule has 1 aliphatic heterocycles. The third kappa shape index (κ3) is 5.21. The molecule has 1 heterocycles. The van der Waals surface area contributed by atoms with Crippen molar-refractivity contribution in [1.82, 2.24) is 10.6 Å². The van der Waals surface area contributed by atoms with E-state index in [0.717, 1.165) is 38.9 Å². The lowest BCUT2D eigenvalue weighted by Crippen LogP contribution is -2.53. The van der Waals surface area contributed by atoms with Gasteiger partial charge in [-0.1, -0.05) is 26.7 Å². The van der Waals surface area contributed by atoms with E-state index in [4.69, 9.17) is 4.74 Å². The van der Waals surface area contributed by atoms with Crippen molar-refractivity contribution >= 4 is 5.91 Å². The van der Waals surface area contributed by atoms with Crippen LogP contribution in [-0.4, -0.2) is 49.0 Å². The van der Waals surface area contributed by atoms with Crippen LogP contribution in [0.2, 0.25) is 0 Å². The first kappa shape index (κ1) is 17.7. The number of hydrogen-bond donors (Lipinski definition) is 3. The average Bonchev–Trinajstić information content (AvgIpc) is 3.05. The first-order chi connectivity index (χ1) is 10.6. The van der Waals surface area contributed by atoms with Gasteiger partial charge in [-0.05, 0) is 37.5 Å². The van der Waals surface area contributed by atoms with Crippen LogP contribution < -0.4 is 10.6 Å². The number of carbonyl (C=O) groups is 1. The van der Waals surface area contributed by atoms with Gasteiger partial charge in [0.1, 0.15) is 0 Å². The van der Waals surface area contributed by atoms with Gasteiger partial charge < -0.3 is 20.5 Å². The van der Waals surface area contributed by atoms with E-state index in [1.54, 1.807) is 0 Å². The monoisotopic (exact) mass is 312 g/mol. The van der Waals surface area contributed by atoms with Crippen molar-refractivity contribution in [1.29, 1.82) is 0 Å². The quantitative estimate of drug-likeness (QED) is 0.665. The Morgan fingerprint density at radius 1 is 1.18 bits per heavy atom. The molecule has 1 aliphatic carbocycles. The number of rotatable bonds is 7. The molecule has 3 N–H and O–H groups in total. The van der Waals surface area contributed by atoms with Gasteiger partial charge >= 0.3 is 0 Å². The van der Waals surface area contributed by atoms with E-state index in [2.05, 4.69) is 24.5 Å². The molecule has 1 saturated carbocycles. The topological polar surface area (TPSA) is 70.6 Å². The molecule has 2 atom stereocenters. The average molecular weight is 312 g/mol. The standard InChI is InChI=1S/C17H32N2O3/c1-12(2)16(19-14-7-9-22-10-8-14)17(21)18-11-15(20)13-5-3-4-6-13/h12-16,19-20H,3-11H2,1-2H3,(H,18,21). The summed E-state index contributed by atoms with van der Waals surface area (Å²) in [5.41, 5.74) is 0. The molecule has 0 bridgehead atoms. The molecule has 5 heteroatoms. The maximum absolute atomic E-state index is 12.5. The molecular weight excluding hydrogens is 280 g/mol. The molecule has 1 saturated heterocycles. The summed E-state index contributed by atoms with van der Waals surface area (Å²) in [6.07, 6.45) is 6.10. The van der Waals surface area contributed by atoms with Crippen LogP contribution >= 0.6 is 0 Å². The van der Waals surface area contributed by atoms with Crippen molar-refractivity contribution < 1.29 is 14.6 Å². The summed E-state index contributed by atoms with van der Waals surface area (Å²) in [5, 5.41) is 16.6. The maximum Gasteiger partial charge on any atom is 0.237 e. The zero-order valence-corrected chi connectivity index (χ0v) is 14.0. The normalized spacial score (nSPS) is 23.6. The first-order valence-corrected chi connectivity index (χ1v) is 8.87. The second-order valence-electron chi connectivity index (χ2n) is 7.13. The molecular formula is C17H32N2O3. The van der Waals surface area contributed by atoms with E-state index >= 15 is 0 Å². The molecule has 0 radical (unpaired) electrons. The summed E-state index contributed by atoms with van der Waals surface area (Å²) in [5.74, 6) is 0.603. The van der Waals surface area contributed by atoms with Crippen LogP contribution in [0.1, 0.15) is 52.4 Å². The van der Waals surface area contributed by atoms with E-state index in [1.807, 2.05) is 0 Å². The predicted molar refractivity (Wildman–Crippen MR) is 86.6 cm³/mol. The smallest absolute Gasteiger partial charge is 0.237 e. The summed E-state index contributed by atoms with van der Waals surface area (Å²) >= 11 is 0. The lowest BCUT2D eigenvalue weighted by molar-refractivity contribution is -0.125. The molecule has 1 amide bonds. The third-order valence-corrected chi connectivity index (χ3v) is 5.02. The van der Waals surface area contributed by atoms with Crippen LogP contribution in [0.3, 0.4) is 0 Å². The number of hydrogen-bond acceptors (Lipinski definition) is 4. The highest BCUT2D eigenvalue weighted by molar-refractivity contribution is 5.82. The molecule has 0 aromatic carbocycles. The molecule has 5 nitrogen and oxygen atoms in total. The zero-order chi connectivity index (χ0) is 15.9. The molecule has 0 spiro atoms. The summed E-state index contributed by atoms with van der Waals surface area (Å²) in [4.78, 5) is 12.5. The van der Waals surface area contributed by atoms with Crippen LogP contribution in [0.5, 0.6) is 0 Å². The minimum atomic E-state index is -0.401. The van der Waals surface area contributed by atoms with Gasteiger partial charge in [0.2, 0.25) is 5.91 Å². The van der Waals surface area contributed by atoms with Crippen molar-refractivity contribution in [2.75, 3.05) is 19.8 Å². The van der Waals surface area contributed by atoms with Crippen molar-refractivity contribution in [3.05, 3.63) is 0 Å². The van der Waals surface area contributed by atoms with Gasteiger partial charge in [0.15, 0.2) is 0 Å². The zero-order valence-electron chi connectivity index (χ0n) is 14.0. The number of aliphatic hydroxyl groups is 1. The maximum atomic E-state index is 12.5. The highest BCUT2D eigenvalue weighted by Gasteiger charge is 2.28. The van der Waals surface area contributed by atoms with Gasteiger partial charge in [-0.25, -0.2) is 0 Å². The molecule has 0 aromatic rings. The van der Waals surface area contributed by atoms with E-state index < -0.39 is 6.10 Å². The molecule has 2 rings (SSSR count). The Balaban J connectivity index is 1.78. The Kier molecular flexibility index (Phi) is 7.12. The Morgan fingerprint density at radius 2 is 1.82 bits per heavy atom. The van der Waals surface area contributed by atoms with Crippen LogP contribution in [0.25, 0.3) is 0 Å². The third-order valence-electron chi connectivity index (χ3n) is 5.02. The fourth-order valence-corrected chi connectivity index (χ4v) is 3.51. The SMILES string of the molecule is CC(C)C(NC1CCOCC1)C(=O)NCC(O)C1CCCC1. The number of aliphatic hydroxyl groups excluding tert-OH is 1. The highest BCUT2D eigenvalue weighted by atomic mass is 16.5. The molecule has 2 unspecified atom stereocenters. The molecule has 128 valence electrons. The fraction of sp³-hybridized carbons (Fsp3) is 0.941. The van der Waals surface area contributed by atoms with Crippen molar-refractivity contribution in [2.45, 2.75) is 70.6 Å². The molecule has 2 aliphatic rings. The predicted octanol–water partition coefficient (Wildman–Crippen LogP) is 1.45. The number of carbonyl (C=O) groups excluding carboxylic acids is 1. The van der Waals surface area contributed by atoms with Gasteiger partial charge in [-0.15, -0.1) is 0 Å². The largest absolute Gasteiger partial charge is 0.391 e. The molecule has 0 aromatic heterocycles. The minimum absolute atomic E-state index is 0.0125. The lowest BCUT2D eigenvalue weighted by atomic mass is 9.98. The summed E-state index contributed by atoms with van der Waals surface area (Å²) in [6.45, 7) is 6.03. The lowest BCUT2D eigenvalue weighted by Gasteiger charge is -2.30. The van der Waals surface area contributed by atoms with Crippen molar-refractivity contribution in [3.8, 4) is 0 Å². The fourth-order valence-electron chi connectivity index (χ4n) is 3.51. The number of ether oxygens (including phenoxy) is 1. The second kappa shape index (κ2) is 8.85. The van der Waals surface area contributed by atoms with Gasteiger partial charge in [0.05, 0.1) is 12.1 Å². The molecule has 22 heavy (non-hydrogen) atoms. The van der Waals surface area contributed by atoms with Crippen LogP contribution in [0.4, 0.5) is 0 Å². The summed E-state index contributed by atoms with van der Waals surface area (Å²) < 4.78 is 5.36. The van der Waals surface area contributed by atoms with Crippen LogP contribution in [0, 0.1) is 11.8 Å². The van der Waals surface area contributed by atoms with Crippen LogP contribution in [0.15, 0.2) is 0 Å². The highest BCUT2D eigenvalue weighted by Crippen LogP contribution is 2.27. The first-order valence-electron chi connectivity index (χ1n) is 8.87. The van der Waals surface area contributed by atoms with E-state index in [0.29, 0.717) is 18.5 Å². The van der Waals surface area contributed by atoms with E-state index in [-0.39, 0.29) is 17.9 Å². The van der Waals surface area contributed by atoms with Gasteiger partial charge in [-0.3, -0.25) is 4.79 Å². The Morgan fingerprint density at radius 3 is 2.41 bits per heavy atom. The van der Waals surface area contributed by atoms with Gasteiger partial charge in [0, 0.05) is 25.8 Å². The number of amides is 1. The van der Waals surface area contributed by atoms with E-state index in [1.165, 1.54) is 12.8 Å². The Labute approximate surface area is 134 Å². The van der Waals surface area contributed by atoms with Crippen LogP contribution in [-0.2, 0) is 9.53 Å². The molecule has 2 fully saturated rings. The van der Waals surface area contributed by atoms with Crippen molar-refractivity contribution in [3.63, 3.8) is 0 Å². The minimum Gasteiger partial charge on any atom is -0.391 e. The number of nitrogens with one attached hydrogen (secondary N) is 2. The van der Waals surface area contributed by atoms with Gasteiger partial charge in [0.25, 0.3) is 0 Å². The second-order valence-corrected chi connectivity index (χ2v) is 7.13. The Bertz CT molecular complexity index is 337. The summed E-state index contributed by atoms with van der Waals surface area (Å²) in [6, 6.07) is 0.158. The van der Waals surface area contributed by atoms with Crippen molar-refractivity contribution in [2.24, 2.45) is 11.8 Å².